The molecule has 0 bridgehead atoms. The maximum absolute atomic E-state index is 13.5. The smallest absolute Gasteiger partial charge is 0.166 e. The summed E-state index contributed by atoms with van der Waals surface area (Å²) in [4.78, 5) is 3.87. The van der Waals surface area contributed by atoms with E-state index >= 15 is 0 Å². The highest BCUT2D eigenvalue weighted by atomic mass is 35.5. The van der Waals surface area contributed by atoms with E-state index < -0.39 is 11.6 Å². The zero-order valence-corrected chi connectivity index (χ0v) is 9.51. The van der Waals surface area contributed by atoms with E-state index in [4.69, 9.17) is 11.6 Å². The quantitative estimate of drug-likeness (QED) is 0.733. The molecule has 1 aromatic heterocycles. The lowest BCUT2D eigenvalue weighted by Gasteiger charge is -2.07. The minimum atomic E-state index is -0.910. The van der Waals surface area contributed by atoms with Crippen LogP contribution in [0, 0.1) is 11.6 Å². The average molecular weight is 252 g/mol. The normalized spacial score (nSPS) is 10.3. The second-order valence-electron chi connectivity index (χ2n) is 3.45. The van der Waals surface area contributed by atoms with Crippen molar-refractivity contribution in [2.24, 2.45) is 0 Å². The monoisotopic (exact) mass is 251 g/mol. The van der Waals surface area contributed by atoms with Gasteiger partial charge in [0.05, 0.1) is 0 Å². The van der Waals surface area contributed by atoms with Gasteiger partial charge in [0.15, 0.2) is 11.6 Å². The zero-order valence-electron chi connectivity index (χ0n) is 8.75. The number of pyridine rings is 1. The van der Waals surface area contributed by atoms with E-state index in [0.29, 0.717) is 16.3 Å². The second kappa shape index (κ2) is 4.63. The highest BCUT2D eigenvalue weighted by Gasteiger charge is 2.11. The molecule has 0 saturated carbocycles. The van der Waals surface area contributed by atoms with Crippen molar-refractivity contribution in [3.8, 4) is 0 Å². The lowest BCUT2D eigenvalue weighted by molar-refractivity contribution is 0.506. The van der Waals surface area contributed by atoms with Gasteiger partial charge >= 0.3 is 0 Å². The highest BCUT2D eigenvalue weighted by Crippen LogP contribution is 2.25. The number of nitrogens with zero attached hydrogens (tertiary/aromatic N) is 1. The number of hydrogen-bond donors (Lipinski definition) is 0. The molecule has 1 heterocycles. The molecule has 1 nitrogen and oxygen atoms in total. The fraction of sp³-hybridized carbons (Fsp3) is 0. The summed E-state index contributed by atoms with van der Waals surface area (Å²) in [6.45, 7) is 3.74. The van der Waals surface area contributed by atoms with Crippen molar-refractivity contribution in [1.82, 2.24) is 4.98 Å². The number of halogens is 3. The van der Waals surface area contributed by atoms with E-state index in [1.54, 1.807) is 12.1 Å². The standard InChI is InChI=1S/C13H8ClF2N/c1-8(9-5-6-12(14)17-7-9)10-3-2-4-11(15)13(10)16/h2-7H,1H2. The summed E-state index contributed by atoms with van der Waals surface area (Å²) < 4.78 is 26.6. The molecule has 4 heteroatoms. The Morgan fingerprint density at radius 2 is 1.94 bits per heavy atom. The van der Waals surface area contributed by atoms with E-state index in [2.05, 4.69) is 11.6 Å². The summed E-state index contributed by atoms with van der Waals surface area (Å²) in [5.74, 6) is -1.81. The third-order valence-electron chi connectivity index (χ3n) is 2.35. The molecule has 0 aliphatic rings. The van der Waals surface area contributed by atoms with Crippen LogP contribution in [-0.4, -0.2) is 4.98 Å². The summed E-state index contributed by atoms with van der Waals surface area (Å²) in [7, 11) is 0. The lowest BCUT2D eigenvalue weighted by Crippen LogP contribution is -1.94. The molecule has 1 aromatic carbocycles. The van der Waals surface area contributed by atoms with Crippen LogP contribution >= 0.6 is 11.6 Å². The van der Waals surface area contributed by atoms with E-state index in [1.807, 2.05) is 0 Å². The van der Waals surface area contributed by atoms with E-state index in [9.17, 15) is 8.78 Å². The molecule has 0 amide bonds. The fourth-order valence-corrected chi connectivity index (χ4v) is 1.56. The van der Waals surface area contributed by atoms with Crippen LogP contribution < -0.4 is 0 Å². The molecule has 0 atom stereocenters. The minimum Gasteiger partial charge on any atom is -0.244 e. The third-order valence-corrected chi connectivity index (χ3v) is 2.58. The largest absolute Gasteiger partial charge is 0.244 e. The predicted molar refractivity (Wildman–Crippen MR) is 63.7 cm³/mol. The van der Waals surface area contributed by atoms with E-state index in [-0.39, 0.29) is 5.56 Å². The van der Waals surface area contributed by atoms with Gasteiger partial charge in [-0.1, -0.05) is 30.3 Å². The van der Waals surface area contributed by atoms with Gasteiger partial charge in [0, 0.05) is 17.3 Å². The van der Waals surface area contributed by atoms with Gasteiger partial charge in [-0.3, -0.25) is 0 Å². The van der Waals surface area contributed by atoms with Gasteiger partial charge in [-0.25, -0.2) is 13.8 Å². The molecule has 0 spiro atoms. The van der Waals surface area contributed by atoms with Crippen LogP contribution in [0.2, 0.25) is 5.15 Å². The maximum Gasteiger partial charge on any atom is 0.166 e. The van der Waals surface area contributed by atoms with Crippen LogP contribution in [0.25, 0.3) is 5.57 Å². The van der Waals surface area contributed by atoms with Crippen molar-refractivity contribution >= 4 is 17.2 Å². The number of aromatic nitrogens is 1. The molecule has 2 rings (SSSR count). The Morgan fingerprint density at radius 3 is 2.59 bits per heavy atom. The molecule has 2 aromatic rings. The van der Waals surface area contributed by atoms with Crippen LogP contribution in [-0.2, 0) is 0 Å². The Bertz CT molecular complexity index is 564. The topological polar surface area (TPSA) is 12.9 Å². The number of rotatable bonds is 2. The Hall–Kier alpha value is -1.74. The first-order valence-electron chi connectivity index (χ1n) is 4.85. The zero-order chi connectivity index (χ0) is 12.4. The van der Waals surface area contributed by atoms with E-state index in [1.165, 1.54) is 18.3 Å². The molecular formula is C13H8ClF2N. The van der Waals surface area contributed by atoms with Crippen molar-refractivity contribution < 1.29 is 8.78 Å². The van der Waals surface area contributed by atoms with Crippen LogP contribution in [0.15, 0.2) is 43.1 Å². The van der Waals surface area contributed by atoms with Gasteiger partial charge in [-0.05, 0) is 23.8 Å². The number of hydrogen-bond acceptors (Lipinski definition) is 1. The first-order chi connectivity index (χ1) is 8.09. The van der Waals surface area contributed by atoms with Crippen molar-refractivity contribution in [1.29, 1.82) is 0 Å². The van der Waals surface area contributed by atoms with E-state index in [0.717, 1.165) is 6.07 Å². The van der Waals surface area contributed by atoms with Gasteiger partial charge in [0.25, 0.3) is 0 Å². The first kappa shape index (κ1) is 11.7. The molecule has 0 aliphatic heterocycles. The Kier molecular flexibility index (Phi) is 3.20. The lowest BCUT2D eigenvalue weighted by atomic mass is 10.0. The van der Waals surface area contributed by atoms with Gasteiger partial charge in [0.2, 0.25) is 0 Å². The third kappa shape index (κ3) is 2.34. The van der Waals surface area contributed by atoms with Crippen molar-refractivity contribution in [3.05, 3.63) is 71.0 Å². The Balaban J connectivity index is 2.44. The van der Waals surface area contributed by atoms with Crippen molar-refractivity contribution in [3.63, 3.8) is 0 Å². The molecule has 86 valence electrons. The Morgan fingerprint density at radius 1 is 1.18 bits per heavy atom. The highest BCUT2D eigenvalue weighted by molar-refractivity contribution is 6.29. The molecule has 0 fully saturated rings. The minimum absolute atomic E-state index is 0.120. The molecule has 17 heavy (non-hydrogen) atoms. The van der Waals surface area contributed by atoms with Crippen LogP contribution in [0.3, 0.4) is 0 Å². The summed E-state index contributed by atoms with van der Waals surface area (Å²) in [5.41, 5.74) is 1.08. The summed E-state index contributed by atoms with van der Waals surface area (Å²) >= 11 is 5.64. The fourth-order valence-electron chi connectivity index (χ4n) is 1.45. The Labute approximate surface area is 102 Å². The van der Waals surface area contributed by atoms with Gasteiger partial charge in [-0.2, -0.15) is 0 Å². The molecule has 0 radical (unpaired) electrons. The van der Waals surface area contributed by atoms with Crippen molar-refractivity contribution in [2.75, 3.05) is 0 Å². The summed E-state index contributed by atoms with van der Waals surface area (Å²) in [6.07, 6.45) is 1.47. The van der Waals surface area contributed by atoms with Crippen molar-refractivity contribution in [2.45, 2.75) is 0 Å². The average Bonchev–Trinajstić information content (AvgIpc) is 2.33. The SMILES string of the molecule is C=C(c1ccc(Cl)nc1)c1cccc(F)c1F. The first-order valence-corrected chi connectivity index (χ1v) is 5.22. The second-order valence-corrected chi connectivity index (χ2v) is 3.84. The molecular weight excluding hydrogens is 244 g/mol. The number of benzene rings is 1. The van der Waals surface area contributed by atoms with Crippen LogP contribution in [0.1, 0.15) is 11.1 Å². The maximum atomic E-state index is 13.5. The van der Waals surface area contributed by atoms with Gasteiger partial charge < -0.3 is 0 Å². The predicted octanol–water partition coefficient (Wildman–Crippen LogP) is 4.07. The van der Waals surface area contributed by atoms with Gasteiger partial charge in [-0.15, -0.1) is 0 Å². The van der Waals surface area contributed by atoms with Crippen LogP contribution in [0.5, 0.6) is 0 Å². The summed E-state index contributed by atoms with van der Waals surface area (Å²) in [6, 6.07) is 7.19. The molecule has 0 unspecified atom stereocenters. The molecule has 0 aliphatic carbocycles. The molecule has 0 saturated heterocycles. The molecule has 0 N–H and O–H groups in total. The van der Waals surface area contributed by atoms with Gasteiger partial charge in [0.1, 0.15) is 5.15 Å². The summed E-state index contributed by atoms with van der Waals surface area (Å²) in [5, 5.41) is 0.335. The van der Waals surface area contributed by atoms with Crippen LogP contribution in [0.4, 0.5) is 8.78 Å².